The summed E-state index contributed by atoms with van der Waals surface area (Å²) in [6.45, 7) is 1.26. The Labute approximate surface area is 145 Å². The highest BCUT2D eigenvalue weighted by atomic mass is 16.7. The van der Waals surface area contributed by atoms with E-state index in [9.17, 15) is 9.59 Å². The second-order valence-corrected chi connectivity index (χ2v) is 6.19. The average molecular weight is 338 g/mol. The van der Waals surface area contributed by atoms with Crippen molar-refractivity contribution < 1.29 is 19.1 Å². The van der Waals surface area contributed by atoms with Gasteiger partial charge in [-0.1, -0.05) is 18.2 Å². The zero-order valence-corrected chi connectivity index (χ0v) is 13.6. The zero-order valence-electron chi connectivity index (χ0n) is 13.6. The third kappa shape index (κ3) is 3.15. The van der Waals surface area contributed by atoms with E-state index in [0.717, 1.165) is 5.69 Å². The quantitative estimate of drug-likeness (QED) is 0.928. The Hall–Kier alpha value is -3.02. The molecule has 2 heterocycles. The Morgan fingerprint density at radius 3 is 2.76 bits per heavy atom. The number of amides is 2. The number of carbonyl (C=O) groups excluding carboxylic acids is 2. The maximum atomic E-state index is 12.3. The summed E-state index contributed by atoms with van der Waals surface area (Å²) in [7, 11) is 0. The van der Waals surface area contributed by atoms with Crippen molar-refractivity contribution in [2.24, 2.45) is 5.92 Å². The van der Waals surface area contributed by atoms with Crippen molar-refractivity contribution in [3.63, 3.8) is 0 Å². The Bertz CT molecular complexity index is 806. The fraction of sp³-hybridized carbons (Fsp3) is 0.263. The lowest BCUT2D eigenvalue weighted by atomic mass is 10.1. The SMILES string of the molecule is O=C(NC[C@@H]1CC(=O)N(c2ccccc2)C1)c1ccc2c(c1)OCO2. The van der Waals surface area contributed by atoms with Crippen LogP contribution >= 0.6 is 0 Å². The molecular weight excluding hydrogens is 320 g/mol. The Kier molecular flexibility index (Phi) is 4.01. The van der Waals surface area contributed by atoms with Crippen LogP contribution in [0.4, 0.5) is 5.69 Å². The van der Waals surface area contributed by atoms with E-state index < -0.39 is 0 Å². The molecule has 2 aliphatic heterocycles. The number of ether oxygens (including phenoxy) is 2. The van der Waals surface area contributed by atoms with Crippen LogP contribution in [0.25, 0.3) is 0 Å². The van der Waals surface area contributed by atoms with Crippen molar-refractivity contribution in [2.75, 3.05) is 24.8 Å². The molecule has 2 amide bonds. The molecule has 0 aromatic heterocycles. The standard InChI is InChI=1S/C19H18N2O4/c22-18-8-13(11-21(18)15-4-2-1-3-5-15)10-20-19(23)14-6-7-16-17(9-14)25-12-24-16/h1-7,9,13H,8,10-12H2,(H,20,23)/t13-/m0/s1. The van der Waals surface area contributed by atoms with Crippen molar-refractivity contribution in [2.45, 2.75) is 6.42 Å². The normalized spacial score (nSPS) is 18.5. The highest BCUT2D eigenvalue weighted by molar-refractivity contribution is 5.96. The molecule has 0 unspecified atom stereocenters. The van der Waals surface area contributed by atoms with Gasteiger partial charge in [0.05, 0.1) is 0 Å². The molecule has 0 saturated carbocycles. The predicted molar refractivity (Wildman–Crippen MR) is 91.8 cm³/mol. The van der Waals surface area contributed by atoms with Crippen LogP contribution in [0.15, 0.2) is 48.5 Å². The molecule has 1 saturated heterocycles. The lowest BCUT2D eigenvalue weighted by Gasteiger charge is -2.16. The summed E-state index contributed by atoms with van der Waals surface area (Å²) in [5.41, 5.74) is 1.42. The first-order chi connectivity index (χ1) is 12.2. The largest absolute Gasteiger partial charge is 0.454 e. The van der Waals surface area contributed by atoms with Crippen LogP contribution in [0, 0.1) is 5.92 Å². The maximum absolute atomic E-state index is 12.3. The van der Waals surface area contributed by atoms with Crippen molar-refractivity contribution in [1.82, 2.24) is 5.32 Å². The van der Waals surface area contributed by atoms with Crippen molar-refractivity contribution >= 4 is 17.5 Å². The van der Waals surface area contributed by atoms with Gasteiger partial charge in [-0.15, -0.1) is 0 Å². The van der Waals surface area contributed by atoms with Gasteiger partial charge in [0.15, 0.2) is 11.5 Å². The average Bonchev–Trinajstić information content (AvgIpc) is 3.26. The summed E-state index contributed by atoms with van der Waals surface area (Å²) in [6.07, 6.45) is 0.441. The first-order valence-electron chi connectivity index (χ1n) is 8.24. The Balaban J connectivity index is 1.36. The van der Waals surface area contributed by atoms with Gasteiger partial charge >= 0.3 is 0 Å². The number of hydrogen-bond acceptors (Lipinski definition) is 4. The fourth-order valence-electron chi connectivity index (χ4n) is 3.15. The molecule has 0 spiro atoms. The summed E-state index contributed by atoms with van der Waals surface area (Å²) >= 11 is 0. The number of carbonyl (C=O) groups is 2. The smallest absolute Gasteiger partial charge is 0.251 e. The minimum absolute atomic E-state index is 0.0912. The molecular formula is C19H18N2O4. The van der Waals surface area contributed by atoms with Gasteiger partial charge in [0, 0.05) is 36.7 Å². The van der Waals surface area contributed by atoms with E-state index in [1.165, 1.54) is 0 Å². The maximum Gasteiger partial charge on any atom is 0.251 e. The lowest BCUT2D eigenvalue weighted by molar-refractivity contribution is -0.117. The van der Waals surface area contributed by atoms with E-state index in [4.69, 9.17) is 9.47 Å². The molecule has 6 nitrogen and oxygen atoms in total. The monoisotopic (exact) mass is 338 g/mol. The molecule has 1 fully saturated rings. The van der Waals surface area contributed by atoms with Gasteiger partial charge in [0.25, 0.3) is 5.91 Å². The van der Waals surface area contributed by atoms with Gasteiger partial charge in [0.2, 0.25) is 12.7 Å². The number of nitrogens with zero attached hydrogens (tertiary/aromatic N) is 1. The molecule has 2 aromatic carbocycles. The topological polar surface area (TPSA) is 67.9 Å². The van der Waals surface area contributed by atoms with E-state index in [1.807, 2.05) is 30.3 Å². The molecule has 2 aromatic rings. The minimum Gasteiger partial charge on any atom is -0.454 e. The highest BCUT2D eigenvalue weighted by Crippen LogP contribution is 2.32. The van der Waals surface area contributed by atoms with Crippen LogP contribution in [0.1, 0.15) is 16.8 Å². The molecule has 1 atom stereocenters. The van der Waals surface area contributed by atoms with E-state index in [0.29, 0.717) is 36.6 Å². The van der Waals surface area contributed by atoms with E-state index in [2.05, 4.69) is 5.32 Å². The number of benzene rings is 2. The van der Waals surface area contributed by atoms with Crippen molar-refractivity contribution in [3.05, 3.63) is 54.1 Å². The van der Waals surface area contributed by atoms with Crippen LogP contribution < -0.4 is 19.7 Å². The molecule has 6 heteroatoms. The number of nitrogens with one attached hydrogen (secondary N) is 1. The number of rotatable bonds is 4. The molecule has 1 N–H and O–H groups in total. The molecule has 0 bridgehead atoms. The summed E-state index contributed by atoms with van der Waals surface area (Å²) in [5.74, 6) is 1.25. The molecule has 0 aliphatic carbocycles. The minimum atomic E-state index is -0.177. The molecule has 0 radical (unpaired) electrons. The number of hydrogen-bond donors (Lipinski definition) is 1. The summed E-state index contributed by atoms with van der Waals surface area (Å²) in [6, 6.07) is 14.7. The Morgan fingerprint density at radius 1 is 1.12 bits per heavy atom. The third-order valence-electron chi connectivity index (χ3n) is 4.46. The third-order valence-corrected chi connectivity index (χ3v) is 4.46. The van der Waals surface area contributed by atoms with Gasteiger partial charge < -0.3 is 19.7 Å². The van der Waals surface area contributed by atoms with Crippen LogP contribution in [-0.4, -0.2) is 31.7 Å². The van der Waals surface area contributed by atoms with Crippen LogP contribution in [-0.2, 0) is 4.79 Å². The van der Waals surface area contributed by atoms with Gasteiger partial charge in [0.1, 0.15) is 0 Å². The van der Waals surface area contributed by atoms with Gasteiger partial charge in [-0.25, -0.2) is 0 Å². The second kappa shape index (κ2) is 6.47. The predicted octanol–water partition coefficient (Wildman–Crippen LogP) is 2.20. The summed E-state index contributed by atoms with van der Waals surface area (Å²) in [4.78, 5) is 26.3. The number of para-hydroxylation sites is 1. The molecule has 4 rings (SSSR count). The van der Waals surface area contributed by atoms with Crippen LogP contribution in [0.5, 0.6) is 11.5 Å². The van der Waals surface area contributed by atoms with Crippen LogP contribution in [0.2, 0.25) is 0 Å². The van der Waals surface area contributed by atoms with Crippen molar-refractivity contribution in [1.29, 1.82) is 0 Å². The summed E-state index contributed by atoms with van der Waals surface area (Å²) in [5, 5.41) is 2.91. The van der Waals surface area contributed by atoms with Crippen LogP contribution in [0.3, 0.4) is 0 Å². The Morgan fingerprint density at radius 2 is 1.92 bits per heavy atom. The zero-order chi connectivity index (χ0) is 17.2. The van der Waals surface area contributed by atoms with E-state index in [1.54, 1.807) is 23.1 Å². The molecule has 128 valence electrons. The first kappa shape index (κ1) is 15.5. The van der Waals surface area contributed by atoms with E-state index >= 15 is 0 Å². The lowest BCUT2D eigenvalue weighted by Crippen LogP contribution is -2.31. The summed E-state index contributed by atoms with van der Waals surface area (Å²) < 4.78 is 10.5. The number of anilines is 1. The second-order valence-electron chi connectivity index (χ2n) is 6.19. The number of fused-ring (bicyclic) bond motifs is 1. The molecule has 2 aliphatic rings. The highest BCUT2D eigenvalue weighted by Gasteiger charge is 2.30. The molecule has 25 heavy (non-hydrogen) atoms. The van der Waals surface area contributed by atoms with Crippen molar-refractivity contribution in [3.8, 4) is 11.5 Å². The van der Waals surface area contributed by atoms with Gasteiger partial charge in [-0.3, -0.25) is 9.59 Å². The van der Waals surface area contributed by atoms with Gasteiger partial charge in [-0.2, -0.15) is 0 Å². The first-order valence-corrected chi connectivity index (χ1v) is 8.24. The van der Waals surface area contributed by atoms with E-state index in [-0.39, 0.29) is 24.5 Å². The van der Waals surface area contributed by atoms with Gasteiger partial charge in [-0.05, 0) is 30.3 Å². The fourth-order valence-corrected chi connectivity index (χ4v) is 3.15.